The Morgan fingerprint density at radius 2 is 2.27 bits per heavy atom. The number of hydrogen-bond acceptors (Lipinski definition) is 3. The van der Waals surface area contributed by atoms with Crippen LogP contribution in [-0.4, -0.2) is 49.8 Å². The van der Waals surface area contributed by atoms with Gasteiger partial charge in [-0.25, -0.2) is 0 Å². The van der Waals surface area contributed by atoms with E-state index in [0.717, 1.165) is 19.7 Å². The van der Waals surface area contributed by atoms with Gasteiger partial charge in [-0.05, 0) is 40.3 Å². The summed E-state index contributed by atoms with van der Waals surface area (Å²) in [5.41, 5.74) is 0. The standard InChI is InChI=1S/C12H26N2O/c1-5-7-13-9-10(2)14(4)12-6-8-15-11(12)3/h10-13H,5-9H2,1-4H3. The molecule has 1 fully saturated rings. The second-order valence-electron chi connectivity index (χ2n) is 4.65. The predicted octanol–water partition coefficient (Wildman–Crippen LogP) is 1.48. The molecular formula is C12H26N2O. The monoisotopic (exact) mass is 214 g/mol. The average Bonchev–Trinajstić information content (AvgIpc) is 2.63. The molecule has 3 heteroatoms. The van der Waals surface area contributed by atoms with Gasteiger partial charge in [-0.15, -0.1) is 0 Å². The van der Waals surface area contributed by atoms with E-state index in [9.17, 15) is 0 Å². The van der Waals surface area contributed by atoms with Crippen molar-refractivity contribution in [1.29, 1.82) is 0 Å². The second-order valence-corrected chi connectivity index (χ2v) is 4.65. The minimum atomic E-state index is 0.392. The molecule has 1 aliphatic heterocycles. The molecular weight excluding hydrogens is 188 g/mol. The summed E-state index contributed by atoms with van der Waals surface area (Å²) in [4.78, 5) is 2.46. The summed E-state index contributed by atoms with van der Waals surface area (Å²) in [5, 5.41) is 3.47. The molecule has 0 saturated carbocycles. The number of hydrogen-bond donors (Lipinski definition) is 1. The lowest BCUT2D eigenvalue weighted by molar-refractivity contribution is 0.0704. The van der Waals surface area contributed by atoms with Gasteiger partial charge in [0.1, 0.15) is 0 Å². The molecule has 0 aromatic rings. The van der Waals surface area contributed by atoms with Crippen molar-refractivity contribution in [2.75, 3.05) is 26.7 Å². The fourth-order valence-corrected chi connectivity index (χ4v) is 2.21. The van der Waals surface area contributed by atoms with Gasteiger partial charge in [0, 0.05) is 25.2 Å². The van der Waals surface area contributed by atoms with Crippen molar-refractivity contribution in [3.63, 3.8) is 0 Å². The summed E-state index contributed by atoms with van der Waals surface area (Å²) < 4.78 is 5.60. The van der Waals surface area contributed by atoms with Crippen molar-refractivity contribution >= 4 is 0 Å². The zero-order valence-corrected chi connectivity index (χ0v) is 10.6. The van der Waals surface area contributed by atoms with E-state index in [0.29, 0.717) is 18.2 Å². The first-order valence-corrected chi connectivity index (χ1v) is 6.21. The van der Waals surface area contributed by atoms with Crippen LogP contribution in [0, 0.1) is 0 Å². The van der Waals surface area contributed by atoms with Crippen LogP contribution >= 0.6 is 0 Å². The summed E-state index contributed by atoms with van der Waals surface area (Å²) >= 11 is 0. The lowest BCUT2D eigenvalue weighted by Gasteiger charge is -2.32. The van der Waals surface area contributed by atoms with Gasteiger partial charge < -0.3 is 10.1 Å². The third kappa shape index (κ3) is 3.74. The molecule has 0 bridgehead atoms. The molecule has 90 valence electrons. The Kier molecular flexibility index (Phi) is 5.58. The zero-order valence-electron chi connectivity index (χ0n) is 10.6. The van der Waals surface area contributed by atoms with E-state index in [1.807, 2.05) is 0 Å². The Bertz CT molecular complexity index is 175. The largest absolute Gasteiger partial charge is 0.377 e. The van der Waals surface area contributed by atoms with Crippen molar-refractivity contribution in [3.8, 4) is 0 Å². The smallest absolute Gasteiger partial charge is 0.0703 e. The molecule has 0 spiro atoms. The minimum absolute atomic E-state index is 0.392. The third-order valence-electron chi connectivity index (χ3n) is 3.42. The van der Waals surface area contributed by atoms with E-state index in [1.54, 1.807) is 0 Å². The SMILES string of the molecule is CCCNCC(C)N(C)C1CCOC1C. The fourth-order valence-electron chi connectivity index (χ4n) is 2.21. The average molecular weight is 214 g/mol. The van der Waals surface area contributed by atoms with Crippen LogP contribution in [0.3, 0.4) is 0 Å². The number of ether oxygens (including phenoxy) is 1. The highest BCUT2D eigenvalue weighted by molar-refractivity contribution is 4.83. The maximum absolute atomic E-state index is 5.60. The van der Waals surface area contributed by atoms with Crippen molar-refractivity contribution in [2.45, 2.75) is 51.8 Å². The van der Waals surface area contributed by atoms with Crippen LogP contribution in [0.5, 0.6) is 0 Å². The Balaban J connectivity index is 2.28. The maximum atomic E-state index is 5.60. The first-order chi connectivity index (χ1) is 7.16. The van der Waals surface area contributed by atoms with Crippen LogP contribution in [0.15, 0.2) is 0 Å². The van der Waals surface area contributed by atoms with E-state index in [1.165, 1.54) is 12.8 Å². The van der Waals surface area contributed by atoms with E-state index >= 15 is 0 Å². The van der Waals surface area contributed by atoms with Crippen LogP contribution < -0.4 is 5.32 Å². The molecule has 0 aromatic carbocycles. The van der Waals surface area contributed by atoms with Crippen molar-refractivity contribution in [2.24, 2.45) is 0 Å². The fraction of sp³-hybridized carbons (Fsp3) is 1.00. The predicted molar refractivity (Wildman–Crippen MR) is 64.2 cm³/mol. The molecule has 1 saturated heterocycles. The van der Waals surface area contributed by atoms with Crippen molar-refractivity contribution < 1.29 is 4.74 Å². The van der Waals surface area contributed by atoms with Crippen LogP contribution in [0.2, 0.25) is 0 Å². The van der Waals surface area contributed by atoms with Crippen LogP contribution in [-0.2, 0) is 4.74 Å². The van der Waals surface area contributed by atoms with Gasteiger partial charge in [0.15, 0.2) is 0 Å². The second kappa shape index (κ2) is 6.46. The van der Waals surface area contributed by atoms with E-state index in [2.05, 4.69) is 38.0 Å². The lowest BCUT2D eigenvalue weighted by atomic mass is 10.1. The lowest BCUT2D eigenvalue weighted by Crippen LogP contribution is -2.46. The minimum Gasteiger partial charge on any atom is -0.377 e. The molecule has 1 heterocycles. The Hall–Kier alpha value is -0.120. The first kappa shape index (κ1) is 12.9. The maximum Gasteiger partial charge on any atom is 0.0703 e. The topological polar surface area (TPSA) is 24.5 Å². The van der Waals surface area contributed by atoms with E-state index < -0.39 is 0 Å². The molecule has 1 rings (SSSR count). The summed E-state index contributed by atoms with van der Waals surface area (Å²) in [6.45, 7) is 9.79. The molecule has 3 unspecified atom stereocenters. The van der Waals surface area contributed by atoms with Gasteiger partial charge in [-0.1, -0.05) is 6.92 Å². The van der Waals surface area contributed by atoms with Gasteiger partial charge in [-0.3, -0.25) is 4.90 Å². The van der Waals surface area contributed by atoms with Crippen LogP contribution in [0.4, 0.5) is 0 Å². The van der Waals surface area contributed by atoms with Crippen molar-refractivity contribution in [3.05, 3.63) is 0 Å². The molecule has 0 aliphatic carbocycles. The highest BCUT2D eigenvalue weighted by Gasteiger charge is 2.29. The molecule has 0 radical (unpaired) electrons. The Morgan fingerprint density at radius 3 is 2.80 bits per heavy atom. The Morgan fingerprint density at radius 1 is 1.53 bits per heavy atom. The molecule has 3 nitrogen and oxygen atoms in total. The molecule has 3 atom stereocenters. The number of rotatable bonds is 6. The van der Waals surface area contributed by atoms with Gasteiger partial charge in [0.25, 0.3) is 0 Å². The molecule has 0 aromatic heterocycles. The number of likely N-dealkylation sites (N-methyl/N-ethyl adjacent to an activating group) is 1. The molecule has 0 amide bonds. The summed E-state index contributed by atoms with van der Waals surface area (Å²) in [5.74, 6) is 0. The van der Waals surface area contributed by atoms with E-state index in [-0.39, 0.29) is 0 Å². The van der Waals surface area contributed by atoms with Gasteiger partial charge in [0.05, 0.1) is 6.10 Å². The van der Waals surface area contributed by atoms with Crippen LogP contribution in [0.1, 0.15) is 33.6 Å². The quantitative estimate of drug-likeness (QED) is 0.678. The normalized spacial score (nSPS) is 28.6. The van der Waals surface area contributed by atoms with E-state index in [4.69, 9.17) is 4.74 Å². The van der Waals surface area contributed by atoms with Gasteiger partial charge in [-0.2, -0.15) is 0 Å². The Labute approximate surface area is 94.2 Å². The van der Waals surface area contributed by atoms with Crippen LogP contribution in [0.25, 0.3) is 0 Å². The number of nitrogens with one attached hydrogen (secondary N) is 1. The van der Waals surface area contributed by atoms with Crippen molar-refractivity contribution in [1.82, 2.24) is 10.2 Å². The molecule has 1 N–H and O–H groups in total. The molecule has 15 heavy (non-hydrogen) atoms. The van der Waals surface area contributed by atoms with Gasteiger partial charge in [0.2, 0.25) is 0 Å². The third-order valence-corrected chi connectivity index (χ3v) is 3.42. The van der Waals surface area contributed by atoms with Gasteiger partial charge >= 0.3 is 0 Å². The summed E-state index contributed by atoms with van der Waals surface area (Å²) in [6.07, 6.45) is 2.78. The molecule has 1 aliphatic rings. The zero-order chi connectivity index (χ0) is 11.3. The summed E-state index contributed by atoms with van der Waals surface area (Å²) in [7, 11) is 2.22. The summed E-state index contributed by atoms with van der Waals surface area (Å²) in [6, 6.07) is 1.19. The highest BCUT2D eigenvalue weighted by Crippen LogP contribution is 2.19. The highest BCUT2D eigenvalue weighted by atomic mass is 16.5. The number of nitrogens with zero attached hydrogens (tertiary/aromatic N) is 1. The first-order valence-electron chi connectivity index (χ1n) is 6.21.